The first-order chi connectivity index (χ1) is 13.2. The summed E-state index contributed by atoms with van der Waals surface area (Å²) in [5.74, 6) is -1.00. The summed E-state index contributed by atoms with van der Waals surface area (Å²) in [5.41, 5.74) is 2.49. The summed E-state index contributed by atoms with van der Waals surface area (Å²) in [6.07, 6.45) is 10.8. The molecule has 148 valence electrons. The predicted molar refractivity (Wildman–Crippen MR) is 103 cm³/mol. The molecule has 4 aliphatic rings. The number of hydrogen-bond donors (Lipinski definition) is 2. The fourth-order valence-electron chi connectivity index (χ4n) is 5.92. The molecule has 0 aromatic rings. The Bertz CT molecular complexity index is 889. The van der Waals surface area contributed by atoms with Crippen LogP contribution in [-0.2, 0) is 14.4 Å². The van der Waals surface area contributed by atoms with Gasteiger partial charge in [-0.2, -0.15) is 0 Å². The highest BCUT2D eigenvalue weighted by Gasteiger charge is 2.54. The Balaban J connectivity index is 1.65. The molecule has 5 nitrogen and oxygen atoms in total. The van der Waals surface area contributed by atoms with E-state index >= 15 is 0 Å². The second-order valence-electron chi connectivity index (χ2n) is 8.97. The number of aliphatic hydroxyl groups excluding tert-OH is 1. The topological polar surface area (TPSA) is 91.7 Å². The van der Waals surface area contributed by atoms with Gasteiger partial charge in [0.2, 0.25) is 0 Å². The molecule has 0 aromatic carbocycles. The van der Waals surface area contributed by atoms with Crippen LogP contribution in [-0.4, -0.2) is 33.9 Å². The summed E-state index contributed by atoms with van der Waals surface area (Å²) in [5, 5.41) is 19.0. The molecule has 1 fully saturated rings. The third-order valence-electron chi connectivity index (χ3n) is 7.47. The maximum absolute atomic E-state index is 12.8. The number of aliphatic hydroxyl groups is 1. The summed E-state index contributed by atoms with van der Waals surface area (Å²) in [6.45, 7) is 4.25. The summed E-state index contributed by atoms with van der Waals surface area (Å²) in [4.78, 5) is 35.5. The minimum absolute atomic E-state index is 0.0509. The van der Waals surface area contributed by atoms with Crippen LogP contribution in [0.2, 0.25) is 0 Å². The highest BCUT2D eigenvalue weighted by Crippen LogP contribution is 2.62. The summed E-state index contributed by atoms with van der Waals surface area (Å²) in [7, 11) is 0. The summed E-state index contributed by atoms with van der Waals surface area (Å²) in [6, 6.07) is 0. The van der Waals surface area contributed by atoms with Gasteiger partial charge in [0.05, 0.1) is 6.42 Å². The number of carboxylic acid groups (broad SMARTS) is 1. The molecule has 0 radical (unpaired) electrons. The van der Waals surface area contributed by atoms with Crippen LogP contribution in [0.5, 0.6) is 0 Å². The minimum atomic E-state index is -1.49. The highest BCUT2D eigenvalue weighted by atomic mass is 16.4. The van der Waals surface area contributed by atoms with Gasteiger partial charge < -0.3 is 10.2 Å². The standard InChI is InChI=1S/C23H26O5/c1-22-9-7-14(24)11-13(22)3-4-15-16-5-6-18(21(28)19(25)12-20(26)27)23(16,2)10-8-17(15)22/h6-9,11,15-16,19,25H,3-5,10,12H2,1-2H3,(H,26,27)/t15-,16-,19?,22-,23-/m0/s1. The average Bonchev–Trinajstić information content (AvgIpc) is 2.98. The maximum Gasteiger partial charge on any atom is 0.306 e. The third-order valence-corrected chi connectivity index (χ3v) is 7.47. The fraction of sp³-hybridized carbons (Fsp3) is 0.522. The number of ketones is 2. The van der Waals surface area contributed by atoms with Crippen LogP contribution < -0.4 is 0 Å². The van der Waals surface area contributed by atoms with E-state index in [2.05, 4.69) is 19.9 Å². The lowest BCUT2D eigenvalue weighted by molar-refractivity contribution is -0.142. The first-order valence-corrected chi connectivity index (χ1v) is 9.96. The van der Waals surface area contributed by atoms with Crippen LogP contribution in [0.3, 0.4) is 0 Å². The van der Waals surface area contributed by atoms with E-state index < -0.39 is 24.3 Å². The second kappa shape index (κ2) is 6.38. The van der Waals surface area contributed by atoms with E-state index in [1.54, 1.807) is 12.2 Å². The molecule has 4 aliphatic carbocycles. The number of Topliss-reactive ketones (excluding diaryl/α,β-unsaturated/α-hetero) is 1. The zero-order chi connectivity index (χ0) is 20.3. The number of carbonyl (C=O) groups excluding carboxylic acids is 2. The smallest absolute Gasteiger partial charge is 0.306 e. The second-order valence-corrected chi connectivity index (χ2v) is 8.97. The molecular formula is C23H26O5. The van der Waals surface area contributed by atoms with E-state index in [9.17, 15) is 19.5 Å². The van der Waals surface area contributed by atoms with Crippen LogP contribution in [0.15, 0.2) is 47.1 Å². The number of aliphatic carboxylic acids is 1. The Hall–Kier alpha value is -2.27. The number of carboxylic acids is 1. The summed E-state index contributed by atoms with van der Waals surface area (Å²) >= 11 is 0. The van der Waals surface area contributed by atoms with E-state index in [0.717, 1.165) is 19.3 Å². The van der Waals surface area contributed by atoms with Crippen molar-refractivity contribution in [2.45, 2.75) is 52.1 Å². The molecule has 0 aliphatic heterocycles. The Morgan fingerprint density at radius 1 is 1.29 bits per heavy atom. The molecule has 5 atom stereocenters. The quantitative estimate of drug-likeness (QED) is 0.729. The van der Waals surface area contributed by atoms with E-state index in [0.29, 0.717) is 17.9 Å². The Labute approximate surface area is 164 Å². The lowest BCUT2D eigenvalue weighted by Gasteiger charge is -2.51. The van der Waals surface area contributed by atoms with Gasteiger partial charge in [-0.3, -0.25) is 14.4 Å². The molecule has 0 amide bonds. The van der Waals surface area contributed by atoms with Gasteiger partial charge in [0.15, 0.2) is 11.6 Å². The molecule has 0 aromatic heterocycles. The minimum Gasteiger partial charge on any atom is -0.481 e. The molecule has 0 saturated heterocycles. The van der Waals surface area contributed by atoms with Gasteiger partial charge >= 0.3 is 5.97 Å². The van der Waals surface area contributed by atoms with E-state index in [-0.39, 0.29) is 22.5 Å². The van der Waals surface area contributed by atoms with Crippen molar-refractivity contribution >= 4 is 17.5 Å². The number of fused-ring (bicyclic) bond motifs is 5. The van der Waals surface area contributed by atoms with Crippen molar-refractivity contribution in [1.82, 2.24) is 0 Å². The van der Waals surface area contributed by atoms with Crippen molar-refractivity contribution in [3.8, 4) is 0 Å². The van der Waals surface area contributed by atoms with Gasteiger partial charge in [0, 0.05) is 16.4 Å². The fourth-order valence-corrected chi connectivity index (χ4v) is 5.92. The SMILES string of the molecule is C[C@]12C=CC(=O)C=C1CC[C@@H]1C2=CC[C@]2(C)C(C(=O)C(O)CC(=O)O)=CC[C@@H]12. The van der Waals surface area contributed by atoms with Crippen molar-refractivity contribution in [1.29, 1.82) is 0 Å². The van der Waals surface area contributed by atoms with Crippen molar-refractivity contribution in [2.75, 3.05) is 0 Å². The molecule has 1 unspecified atom stereocenters. The van der Waals surface area contributed by atoms with Gasteiger partial charge in [0.1, 0.15) is 6.10 Å². The zero-order valence-corrected chi connectivity index (χ0v) is 16.3. The third kappa shape index (κ3) is 2.67. The van der Waals surface area contributed by atoms with Gasteiger partial charge in [-0.15, -0.1) is 0 Å². The van der Waals surface area contributed by atoms with Gasteiger partial charge in [-0.25, -0.2) is 0 Å². The first kappa shape index (κ1) is 19.1. The molecule has 4 rings (SSSR count). The number of allylic oxidation sites excluding steroid dienone is 7. The number of carbonyl (C=O) groups is 3. The monoisotopic (exact) mass is 382 g/mol. The van der Waals surface area contributed by atoms with Crippen molar-refractivity contribution in [3.05, 3.63) is 47.1 Å². The molecular weight excluding hydrogens is 356 g/mol. The lowest BCUT2D eigenvalue weighted by atomic mass is 9.52. The number of rotatable bonds is 4. The largest absolute Gasteiger partial charge is 0.481 e. The van der Waals surface area contributed by atoms with E-state index in [4.69, 9.17) is 5.11 Å². The van der Waals surface area contributed by atoms with Crippen LogP contribution >= 0.6 is 0 Å². The average molecular weight is 382 g/mol. The van der Waals surface area contributed by atoms with Crippen LogP contribution in [0.1, 0.15) is 46.0 Å². The normalized spacial score (nSPS) is 37.1. The molecule has 2 N–H and O–H groups in total. The van der Waals surface area contributed by atoms with Crippen molar-refractivity contribution in [2.24, 2.45) is 22.7 Å². The van der Waals surface area contributed by atoms with E-state index in [1.165, 1.54) is 11.1 Å². The van der Waals surface area contributed by atoms with Crippen LogP contribution in [0, 0.1) is 22.7 Å². The molecule has 28 heavy (non-hydrogen) atoms. The summed E-state index contributed by atoms with van der Waals surface area (Å²) < 4.78 is 0. The van der Waals surface area contributed by atoms with Crippen molar-refractivity contribution < 1.29 is 24.6 Å². The van der Waals surface area contributed by atoms with Crippen LogP contribution in [0.25, 0.3) is 0 Å². The molecule has 5 heteroatoms. The highest BCUT2D eigenvalue weighted by molar-refractivity contribution is 6.02. The Morgan fingerprint density at radius 3 is 2.75 bits per heavy atom. The Kier molecular flexibility index (Phi) is 4.34. The predicted octanol–water partition coefficient (Wildman–Crippen LogP) is 3.16. The molecule has 0 spiro atoms. The maximum atomic E-state index is 12.8. The molecule has 0 bridgehead atoms. The Morgan fingerprint density at radius 2 is 2.04 bits per heavy atom. The van der Waals surface area contributed by atoms with Crippen LogP contribution in [0.4, 0.5) is 0 Å². The zero-order valence-electron chi connectivity index (χ0n) is 16.3. The molecule has 0 heterocycles. The molecule has 1 saturated carbocycles. The van der Waals surface area contributed by atoms with Gasteiger partial charge in [-0.05, 0) is 56.6 Å². The van der Waals surface area contributed by atoms with Gasteiger partial charge in [0.25, 0.3) is 0 Å². The first-order valence-electron chi connectivity index (χ1n) is 9.96. The number of hydrogen-bond acceptors (Lipinski definition) is 4. The van der Waals surface area contributed by atoms with E-state index in [1.807, 2.05) is 12.2 Å². The van der Waals surface area contributed by atoms with Crippen molar-refractivity contribution in [3.63, 3.8) is 0 Å². The van der Waals surface area contributed by atoms with Gasteiger partial charge in [-0.1, -0.05) is 36.3 Å². The lowest BCUT2D eigenvalue weighted by Crippen LogP contribution is -2.44.